The minimum atomic E-state index is -1.67. The summed E-state index contributed by atoms with van der Waals surface area (Å²) in [7, 11) is 0. The van der Waals surface area contributed by atoms with Crippen LogP contribution in [-0.2, 0) is 33.6 Å². The lowest BCUT2D eigenvalue weighted by Crippen LogP contribution is -2.58. The highest BCUT2D eigenvalue weighted by molar-refractivity contribution is 5.95. The maximum atomic E-state index is 12.6. The SMILES string of the molecule is CC(C)C(N)C(=O)NC(CC(=O)O)C(=O)NC(CCC(=O)O)C(=O)NC(CCC(=O)O)C(=O)O. The van der Waals surface area contributed by atoms with E-state index in [9.17, 15) is 38.7 Å². The number of carboxylic acid groups (broad SMARTS) is 4. The zero-order chi connectivity index (χ0) is 26.6. The molecule has 34 heavy (non-hydrogen) atoms. The van der Waals surface area contributed by atoms with Gasteiger partial charge >= 0.3 is 23.9 Å². The molecule has 0 aromatic carbocycles. The van der Waals surface area contributed by atoms with Crippen LogP contribution in [0, 0.1) is 5.92 Å². The lowest BCUT2D eigenvalue weighted by molar-refractivity contribution is -0.144. The molecule has 4 unspecified atom stereocenters. The van der Waals surface area contributed by atoms with Crippen LogP contribution in [-0.4, -0.2) is 86.2 Å². The van der Waals surface area contributed by atoms with Crippen molar-refractivity contribution in [1.82, 2.24) is 16.0 Å². The molecular formula is C19H30N4O11. The lowest BCUT2D eigenvalue weighted by atomic mass is 10.0. The third kappa shape index (κ3) is 11.8. The van der Waals surface area contributed by atoms with Crippen LogP contribution < -0.4 is 21.7 Å². The summed E-state index contributed by atoms with van der Waals surface area (Å²) in [5, 5.41) is 42.2. The van der Waals surface area contributed by atoms with Crippen LogP contribution in [0.1, 0.15) is 46.0 Å². The summed E-state index contributed by atoms with van der Waals surface area (Å²) in [6, 6.07) is -6.01. The Morgan fingerprint density at radius 1 is 0.647 bits per heavy atom. The summed E-state index contributed by atoms with van der Waals surface area (Å²) in [5.74, 6) is -9.14. The standard InChI is InChI=1S/C19H30N4O11/c1-8(2)15(20)18(32)23-11(7-14(28)29)17(31)21-9(3-5-12(24)25)16(30)22-10(19(33)34)4-6-13(26)27/h8-11,15H,3-7,20H2,1-2H3,(H,21,31)(H,22,30)(H,23,32)(H,24,25)(H,26,27)(H,28,29)(H,33,34). The number of nitrogens with two attached hydrogens (primary N) is 1. The maximum absolute atomic E-state index is 12.6. The van der Waals surface area contributed by atoms with Crippen molar-refractivity contribution in [2.75, 3.05) is 0 Å². The van der Waals surface area contributed by atoms with Gasteiger partial charge < -0.3 is 42.1 Å². The quantitative estimate of drug-likeness (QED) is 0.114. The molecule has 0 saturated carbocycles. The van der Waals surface area contributed by atoms with Gasteiger partial charge in [0.2, 0.25) is 17.7 Å². The predicted octanol–water partition coefficient (Wildman–Crippen LogP) is -2.29. The molecule has 0 aromatic rings. The van der Waals surface area contributed by atoms with E-state index in [0.717, 1.165) is 0 Å². The average molecular weight is 490 g/mol. The summed E-state index contributed by atoms with van der Waals surface area (Å²) in [6.45, 7) is 3.23. The molecule has 0 spiro atoms. The number of nitrogens with one attached hydrogen (secondary N) is 3. The Kier molecular flexibility index (Phi) is 12.8. The first kappa shape index (κ1) is 30.2. The van der Waals surface area contributed by atoms with E-state index in [2.05, 4.69) is 10.6 Å². The van der Waals surface area contributed by atoms with Crippen molar-refractivity contribution < 1.29 is 54.0 Å². The minimum absolute atomic E-state index is 0.346. The zero-order valence-corrected chi connectivity index (χ0v) is 18.6. The molecule has 3 amide bonds. The Morgan fingerprint density at radius 3 is 1.47 bits per heavy atom. The molecule has 15 nitrogen and oxygen atoms in total. The Bertz CT molecular complexity index is 799. The van der Waals surface area contributed by atoms with E-state index in [1.807, 2.05) is 5.32 Å². The summed E-state index contributed by atoms with van der Waals surface area (Å²) in [5.41, 5.74) is 5.68. The first-order valence-corrected chi connectivity index (χ1v) is 10.2. The second kappa shape index (κ2) is 14.4. The van der Waals surface area contributed by atoms with Gasteiger partial charge in [0.05, 0.1) is 12.5 Å². The maximum Gasteiger partial charge on any atom is 0.326 e. The first-order valence-electron chi connectivity index (χ1n) is 10.2. The fourth-order valence-corrected chi connectivity index (χ4v) is 2.56. The topological polar surface area (TPSA) is 263 Å². The summed E-state index contributed by atoms with van der Waals surface area (Å²) in [4.78, 5) is 81.5. The predicted molar refractivity (Wildman–Crippen MR) is 112 cm³/mol. The van der Waals surface area contributed by atoms with E-state index in [4.69, 9.17) is 21.1 Å². The number of carbonyl (C=O) groups is 7. The average Bonchev–Trinajstić information content (AvgIpc) is 2.71. The first-order chi connectivity index (χ1) is 15.6. The number of carbonyl (C=O) groups excluding carboxylic acids is 3. The van der Waals surface area contributed by atoms with Gasteiger partial charge in [-0.25, -0.2) is 4.79 Å². The van der Waals surface area contributed by atoms with E-state index >= 15 is 0 Å². The highest BCUT2D eigenvalue weighted by Crippen LogP contribution is 2.06. The second-order valence-corrected chi connectivity index (χ2v) is 7.75. The Balaban J connectivity index is 5.61. The number of hydrogen-bond acceptors (Lipinski definition) is 8. The highest BCUT2D eigenvalue weighted by atomic mass is 16.4. The van der Waals surface area contributed by atoms with Crippen molar-refractivity contribution in [3.05, 3.63) is 0 Å². The van der Waals surface area contributed by atoms with E-state index in [1.165, 1.54) is 0 Å². The zero-order valence-electron chi connectivity index (χ0n) is 18.6. The minimum Gasteiger partial charge on any atom is -0.481 e. The fourth-order valence-electron chi connectivity index (χ4n) is 2.56. The molecule has 0 saturated heterocycles. The van der Waals surface area contributed by atoms with Crippen molar-refractivity contribution in [2.45, 2.75) is 70.1 Å². The van der Waals surface area contributed by atoms with E-state index < -0.39 is 97.9 Å². The van der Waals surface area contributed by atoms with Gasteiger partial charge in [-0.05, 0) is 18.8 Å². The molecule has 0 rings (SSSR count). The molecule has 192 valence electrons. The van der Waals surface area contributed by atoms with Crippen molar-refractivity contribution in [3.8, 4) is 0 Å². The van der Waals surface area contributed by atoms with Crippen LogP contribution in [0.4, 0.5) is 0 Å². The van der Waals surface area contributed by atoms with Crippen LogP contribution >= 0.6 is 0 Å². The van der Waals surface area contributed by atoms with E-state index in [-0.39, 0.29) is 5.92 Å². The number of rotatable bonds is 16. The Hall–Kier alpha value is -3.75. The number of hydrogen-bond donors (Lipinski definition) is 8. The molecule has 0 heterocycles. The van der Waals surface area contributed by atoms with Gasteiger partial charge in [-0.15, -0.1) is 0 Å². The van der Waals surface area contributed by atoms with Crippen molar-refractivity contribution >= 4 is 41.6 Å². The Morgan fingerprint density at radius 2 is 1.06 bits per heavy atom. The van der Waals surface area contributed by atoms with Gasteiger partial charge in [-0.3, -0.25) is 28.8 Å². The van der Waals surface area contributed by atoms with Gasteiger partial charge in [-0.1, -0.05) is 13.8 Å². The molecular weight excluding hydrogens is 460 g/mol. The summed E-state index contributed by atoms with van der Waals surface area (Å²) < 4.78 is 0. The highest BCUT2D eigenvalue weighted by Gasteiger charge is 2.32. The molecule has 0 aromatic heterocycles. The number of carboxylic acids is 4. The molecule has 4 atom stereocenters. The molecule has 0 aliphatic heterocycles. The van der Waals surface area contributed by atoms with E-state index in [1.54, 1.807) is 13.8 Å². The third-order valence-corrected chi connectivity index (χ3v) is 4.57. The van der Waals surface area contributed by atoms with Gasteiger partial charge in [0.1, 0.15) is 18.1 Å². The van der Waals surface area contributed by atoms with Gasteiger partial charge in [0.25, 0.3) is 0 Å². The Labute approximate surface area is 194 Å². The van der Waals surface area contributed by atoms with Gasteiger partial charge in [0, 0.05) is 12.8 Å². The molecule has 0 bridgehead atoms. The summed E-state index contributed by atoms with van der Waals surface area (Å²) in [6.07, 6.45) is -3.09. The number of aliphatic carboxylic acids is 4. The van der Waals surface area contributed by atoms with Crippen LogP contribution in [0.5, 0.6) is 0 Å². The lowest BCUT2D eigenvalue weighted by Gasteiger charge is -2.25. The van der Waals surface area contributed by atoms with Gasteiger partial charge in [-0.2, -0.15) is 0 Å². The molecule has 0 aliphatic carbocycles. The number of amides is 3. The van der Waals surface area contributed by atoms with Crippen molar-refractivity contribution in [2.24, 2.45) is 11.7 Å². The fraction of sp³-hybridized carbons (Fsp3) is 0.632. The molecule has 15 heteroatoms. The van der Waals surface area contributed by atoms with E-state index in [0.29, 0.717) is 0 Å². The monoisotopic (exact) mass is 490 g/mol. The van der Waals surface area contributed by atoms with Crippen LogP contribution in [0.2, 0.25) is 0 Å². The van der Waals surface area contributed by atoms with Crippen LogP contribution in [0.3, 0.4) is 0 Å². The van der Waals surface area contributed by atoms with Gasteiger partial charge in [0.15, 0.2) is 0 Å². The normalized spacial score (nSPS) is 14.2. The molecule has 0 radical (unpaired) electrons. The largest absolute Gasteiger partial charge is 0.481 e. The molecule has 0 aliphatic rings. The van der Waals surface area contributed by atoms with Crippen LogP contribution in [0.15, 0.2) is 0 Å². The van der Waals surface area contributed by atoms with Crippen LogP contribution in [0.25, 0.3) is 0 Å². The summed E-state index contributed by atoms with van der Waals surface area (Å²) >= 11 is 0. The smallest absolute Gasteiger partial charge is 0.326 e. The van der Waals surface area contributed by atoms with Crippen molar-refractivity contribution in [1.29, 1.82) is 0 Å². The second-order valence-electron chi connectivity index (χ2n) is 7.75. The van der Waals surface area contributed by atoms with Crippen molar-refractivity contribution in [3.63, 3.8) is 0 Å². The molecule has 0 fully saturated rings. The third-order valence-electron chi connectivity index (χ3n) is 4.57. The molecule has 9 N–H and O–H groups in total.